The van der Waals surface area contributed by atoms with Crippen LogP contribution in [0.15, 0.2) is 5.16 Å². The van der Waals surface area contributed by atoms with Crippen LogP contribution in [0.1, 0.15) is 84.0 Å². The van der Waals surface area contributed by atoms with Gasteiger partial charge in [-0.15, -0.1) is 0 Å². The van der Waals surface area contributed by atoms with Gasteiger partial charge in [-0.2, -0.15) is 0 Å². The summed E-state index contributed by atoms with van der Waals surface area (Å²) in [6.45, 7) is 1.67. The fourth-order valence-corrected chi connectivity index (χ4v) is 2.85. The highest BCUT2D eigenvalue weighted by Gasteiger charge is 2.13. The summed E-state index contributed by atoms with van der Waals surface area (Å²) < 4.78 is 0. The zero-order chi connectivity index (χ0) is 14.6. The van der Waals surface area contributed by atoms with Crippen LogP contribution in [0, 0.1) is 0 Å². The van der Waals surface area contributed by atoms with E-state index in [1.807, 2.05) is 0 Å². The number of hydrogen-bond donors (Lipinski definition) is 2. The van der Waals surface area contributed by atoms with Crippen LogP contribution < -0.4 is 5.32 Å². The first kappa shape index (κ1) is 17.0. The summed E-state index contributed by atoms with van der Waals surface area (Å²) in [6, 6.07) is 0.299. The lowest BCUT2D eigenvalue weighted by Gasteiger charge is -2.19. The number of carbonyl (C=O) groups excluding carboxylic acids is 1. The third-order valence-corrected chi connectivity index (χ3v) is 4.06. The molecule has 0 heterocycles. The van der Waals surface area contributed by atoms with Crippen molar-refractivity contribution in [2.24, 2.45) is 5.16 Å². The molecule has 0 aromatic heterocycles. The Hall–Kier alpha value is -1.06. The molecule has 1 amide bonds. The van der Waals surface area contributed by atoms with Crippen LogP contribution in [-0.4, -0.2) is 22.9 Å². The Bertz CT molecular complexity index is 291. The molecule has 20 heavy (non-hydrogen) atoms. The molecule has 0 spiro atoms. The lowest BCUT2D eigenvalue weighted by Crippen LogP contribution is -2.35. The van der Waals surface area contributed by atoms with Crippen molar-refractivity contribution in [1.29, 1.82) is 0 Å². The first-order valence-corrected chi connectivity index (χ1v) is 8.19. The van der Waals surface area contributed by atoms with E-state index in [0.717, 1.165) is 12.8 Å². The first-order chi connectivity index (χ1) is 9.72. The molecule has 0 aromatic carbocycles. The van der Waals surface area contributed by atoms with Crippen molar-refractivity contribution in [2.75, 3.05) is 0 Å². The summed E-state index contributed by atoms with van der Waals surface area (Å²) in [7, 11) is 0. The average molecular weight is 282 g/mol. The van der Waals surface area contributed by atoms with Crippen LogP contribution in [0.4, 0.5) is 0 Å². The maximum Gasteiger partial charge on any atom is 0.226 e. The molecule has 0 bridgehead atoms. The van der Waals surface area contributed by atoms with Crippen LogP contribution in [0.5, 0.6) is 0 Å². The molecule has 0 atom stereocenters. The second-order valence-corrected chi connectivity index (χ2v) is 6.04. The van der Waals surface area contributed by atoms with Crippen LogP contribution in [0.2, 0.25) is 0 Å². The molecule has 0 aliphatic heterocycles. The molecule has 2 N–H and O–H groups in total. The maximum atomic E-state index is 11.9. The SMILES string of the molecule is C/C(CC(=O)NC1CCCCCCCCCCC1)=N/O. The molecule has 1 aliphatic carbocycles. The van der Waals surface area contributed by atoms with Crippen LogP contribution in [0.25, 0.3) is 0 Å². The summed E-state index contributed by atoms with van der Waals surface area (Å²) in [5.41, 5.74) is 0.468. The molecular formula is C16H30N2O2. The van der Waals surface area contributed by atoms with Gasteiger partial charge in [-0.25, -0.2) is 0 Å². The summed E-state index contributed by atoms with van der Waals surface area (Å²) >= 11 is 0. The normalized spacial score (nSPS) is 20.8. The summed E-state index contributed by atoms with van der Waals surface area (Å²) in [5, 5.41) is 14.8. The minimum Gasteiger partial charge on any atom is -0.411 e. The number of carbonyl (C=O) groups is 1. The van der Waals surface area contributed by atoms with E-state index in [9.17, 15) is 4.79 Å². The molecule has 1 aliphatic rings. The smallest absolute Gasteiger partial charge is 0.226 e. The largest absolute Gasteiger partial charge is 0.411 e. The monoisotopic (exact) mass is 282 g/mol. The highest BCUT2D eigenvalue weighted by Crippen LogP contribution is 2.17. The minimum atomic E-state index is -0.0163. The van der Waals surface area contributed by atoms with Crippen molar-refractivity contribution in [3.63, 3.8) is 0 Å². The fraction of sp³-hybridized carbons (Fsp3) is 0.875. The van der Waals surface area contributed by atoms with Gasteiger partial charge in [-0.05, 0) is 19.8 Å². The van der Waals surface area contributed by atoms with Crippen molar-refractivity contribution in [1.82, 2.24) is 5.32 Å². The molecule has 4 heteroatoms. The molecular weight excluding hydrogens is 252 g/mol. The lowest BCUT2D eigenvalue weighted by atomic mass is 9.98. The zero-order valence-corrected chi connectivity index (χ0v) is 12.9. The van der Waals surface area contributed by atoms with Crippen LogP contribution >= 0.6 is 0 Å². The van der Waals surface area contributed by atoms with E-state index in [1.54, 1.807) is 6.92 Å². The van der Waals surface area contributed by atoms with Gasteiger partial charge in [0.2, 0.25) is 5.91 Å². The molecule has 0 unspecified atom stereocenters. The number of nitrogens with one attached hydrogen (secondary N) is 1. The third kappa shape index (κ3) is 8.18. The van der Waals surface area contributed by atoms with E-state index in [0.29, 0.717) is 11.8 Å². The van der Waals surface area contributed by atoms with E-state index in [1.165, 1.54) is 57.8 Å². The highest BCUT2D eigenvalue weighted by molar-refractivity contribution is 5.99. The van der Waals surface area contributed by atoms with Crippen molar-refractivity contribution in [3.05, 3.63) is 0 Å². The van der Waals surface area contributed by atoms with Crippen LogP contribution in [0.3, 0.4) is 0 Å². The second kappa shape index (κ2) is 10.7. The van der Waals surface area contributed by atoms with E-state index < -0.39 is 0 Å². The molecule has 0 radical (unpaired) electrons. The average Bonchev–Trinajstić information content (AvgIpc) is 2.41. The molecule has 0 aromatic rings. The predicted octanol–water partition coefficient (Wildman–Crippen LogP) is 4.02. The Balaban J connectivity index is 2.36. The summed E-state index contributed by atoms with van der Waals surface area (Å²) in [4.78, 5) is 11.9. The number of hydrogen-bond acceptors (Lipinski definition) is 3. The lowest BCUT2D eigenvalue weighted by molar-refractivity contribution is -0.120. The summed E-state index contributed by atoms with van der Waals surface area (Å²) in [5.74, 6) is -0.0163. The minimum absolute atomic E-state index is 0.0163. The molecule has 116 valence electrons. The third-order valence-electron chi connectivity index (χ3n) is 4.06. The van der Waals surface area contributed by atoms with Gasteiger partial charge >= 0.3 is 0 Å². The van der Waals surface area contributed by atoms with Gasteiger partial charge in [0, 0.05) is 6.04 Å². The van der Waals surface area contributed by atoms with Crippen molar-refractivity contribution < 1.29 is 10.0 Å². The van der Waals surface area contributed by atoms with Gasteiger partial charge in [-0.1, -0.05) is 62.9 Å². The number of amides is 1. The van der Waals surface area contributed by atoms with E-state index in [2.05, 4.69) is 10.5 Å². The topological polar surface area (TPSA) is 61.7 Å². The van der Waals surface area contributed by atoms with Crippen molar-refractivity contribution >= 4 is 11.6 Å². The number of nitrogens with zero attached hydrogens (tertiary/aromatic N) is 1. The number of oxime groups is 1. The molecule has 1 rings (SSSR count). The predicted molar refractivity (Wildman–Crippen MR) is 82.2 cm³/mol. The summed E-state index contributed by atoms with van der Waals surface area (Å²) in [6.07, 6.45) is 14.1. The molecule has 4 nitrogen and oxygen atoms in total. The van der Waals surface area contributed by atoms with E-state index in [4.69, 9.17) is 5.21 Å². The van der Waals surface area contributed by atoms with Crippen LogP contribution in [-0.2, 0) is 4.79 Å². The fourth-order valence-electron chi connectivity index (χ4n) is 2.85. The Morgan fingerprint density at radius 2 is 1.45 bits per heavy atom. The first-order valence-electron chi connectivity index (χ1n) is 8.19. The quantitative estimate of drug-likeness (QED) is 0.466. The highest BCUT2D eigenvalue weighted by atomic mass is 16.4. The Morgan fingerprint density at radius 1 is 1.00 bits per heavy atom. The second-order valence-electron chi connectivity index (χ2n) is 6.04. The standard InChI is InChI=1S/C16H30N2O2/c1-14(18-20)13-16(19)17-15-11-9-7-5-3-2-4-6-8-10-12-15/h15,20H,2-13H2,1H3,(H,17,19)/b18-14-. The van der Waals surface area contributed by atoms with Gasteiger partial charge in [-0.3, -0.25) is 4.79 Å². The van der Waals surface area contributed by atoms with Gasteiger partial charge in [0.05, 0.1) is 12.1 Å². The maximum absolute atomic E-state index is 11.9. The molecule has 1 fully saturated rings. The Labute approximate surface area is 123 Å². The van der Waals surface area contributed by atoms with Gasteiger partial charge in [0.25, 0.3) is 0 Å². The molecule has 1 saturated carbocycles. The van der Waals surface area contributed by atoms with Gasteiger partial charge in [0.15, 0.2) is 0 Å². The van der Waals surface area contributed by atoms with Crippen molar-refractivity contribution in [2.45, 2.75) is 90.0 Å². The van der Waals surface area contributed by atoms with Gasteiger partial charge in [0.1, 0.15) is 0 Å². The van der Waals surface area contributed by atoms with E-state index in [-0.39, 0.29) is 12.3 Å². The van der Waals surface area contributed by atoms with Gasteiger partial charge < -0.3 is 10.5 Å². The van der Waals surface area contributed by atoms with Crippen molar-refractivity contribution in [3.8, 4) is 0 Å². The Morgan fingerprint density at radius 3 is 1.90 bits per heavy atom. The Kier molecular flexibility index (Phi) is 9.09. The zero-order valence-electron chi connectivity index (χ0n) is 12.9. The van der Waals surface area contributed by atoms with E-state index >= 15 is 0 Å². The number of rotatable bonds is 3. The molecule has 0 saturated heterocycles.